The fraction of sp³-hybridized carbons (Fsp3) is 0.286. The molecule has 0 saturated carbocycles. The fourth-order valence-corrected chi connectivity index (χ4v) is 2.13. The number of hydrogen-bond donors (Lipinski definition) is 1. The molecule has 1 atom stereocenters. The second-order valence-electron chi connectivity index (χ2n) is 4.24. The van der Waals surface area contributed by atoms with E-state index in [9.17, 15) is 4.39 Å². The van der Waals surface area contributed by atoms with Crippen LogP contribution in [0.3, 0.4) is 0 Å². The largest absolute Gasteiger partial charge is 0.481 e. The summed E-state index contributed by atoms with van der Waals surface area (Å²) >= 11 is 5.79. The van der Waals surface area contributed by atoms with Crippen LogP contribution in [0.25, 0.3) is 0 Å². The van der Waals surface area contributed by atoms with Crippen LogP contribution in [-0.4, -0.2) is 24.1 Å². The zero-order chi connectivity index (χ0) is 14.5. The zero-order valence-electron chi connectivity index (χ0n) is 11.2. The van der Waals surface area contributed by atoms with E-state index < -0.39 is 5.82 Å². The Bertz CT molecular complexity index is 594. The number of nitrogens with one attached hydrogen (secondary N) is 1. The molecule has 1 heterocycles. The average molecular weight is 296 g/mol. The van der Waals surface area contributed by atoms with E-state index in [-0.39, 0.29) is 11.1 Å². The van der Waals surface area contributed by atoms with Gasteiger partial charge in [-0.15, -0.1) is 0 Å². The first-order valence-electron chi connectivity index (χ1n) is 6.11. The van der Waals surface area contributed by atoms with E-state index in [1.807, 2.05) is 0 Å². The number of nitrogens with zero attached hydrogens (tertiary/aromatic N) is 2. The number of halogens is 2. The number of hydrogen-bond acceptors (Lipinski definition) is 4. The summed E-state index contributed by atoms with van der Waals surface area (Å²) in [5.41, 5.74) is 1.27. The first-order valence-corrected chi connectivity index (χ1v) is 6.49. The minimum Gasteiger partial charge on any atom is -0.481 e. The minimum absolute atomic E-state index is 0.123. The highest BCUT2D eigenvalue weighted by atomic mass is 35.5. The Labute approximate surface area is 122 Å². The maximum absolute atomic E-state index is 13.9. The third-order valence-electron chi connectivity index (χ3n) is 3.03. The lowest BCUT2D eigenvalue weighted by molar-refractivity contribution is 0.394. The van der Waals surface area contributed by atoms with Crippen LogP contribution in [0, 0.1) is 5.82 Å². The lowest BCUT2D eigenvalue weighted by atomic mass is 10.0. The van der Waals surface area contributed by atoms with Gasteiger partial charge in [-0.3, -0.25) is 0 Å². The van der Waals surface area contributed by atoms with Crippen molar-refractivity contribution in [3.05, 3.63) is 52.7 Å². The first kappa shape index (κ1) is 14.7. The van der Waals surface area contributed by atoms with Crippen LogP contribution >= 0.6 is 11.6 Å². The summed E-state index contributed by atoms with van der Waals surface area (Å²) in [6, 6.07) is 6.55. The molecule has 2 aromatic rings. The lowest BCUT2D eigenvalue weighted by Crippen LogP contribution is -2.20. The molecule has 1 unspecified atom stereocenters. The molecule has 1 N–H and O–H groups in total. The SMILES string of the molecule is CNC(Cc1cccc(Cl)c1F)c1cc(OC)ncn1. The van der Waals surface area contributed by atoms with Gasteiger partial charge in [-0.1, -0.05) is 23.7 Å². The number of benzene rings is 1. The molecule has 6 heteroatoms. The molecule has 2 rings (SSSR count). The molecule has 4 nitrogen and oxygen atoms in total. The molecular weight excluding hydrogens is 281 g/mol. The predicted octanol–water partition coefficient (Wildman–Crippen LogP) is 2.78. The second-order valence-corrected chi connectivity index (χ2v) is 4.65. The molecule has 0 amide bonds. The molecule has 0 bridgehead atoms. The third kappa shape index (κ3) is 3.23. The van der Waals surface area contributed by atoms with Gasteiger partial charge in [-0.05, 0) is 25.1 Å². The number of methoxy groups -OCH3 is 1. The van der Waals surface area contributed by atoms with E-state index in [0.29, 0.717) is 17.9 Å². The van der Waals surface area contributed by atoms with Crippen molar-refractivity contribution in [1.82, 2.24) is 15.3 Å². The van der Waals surface area contributed by atoms with Gasteiger partial charge in [-0.2, -0.15) is 0 Å². The van der Waals surface area contributed by atoms with Crippen LogP contribution in [-0.2, 0) is 6.42 Å². The highest BCUT2D eigenvalue weighted by Crippen LogP contribution is 2.23. The molecule has 0 saturated heterocycles. The number of likely N-dealkylation sites (N-methyl/N-ethyl adjacent to an activating group) is 1. The van der Waals surface area contributed by atoms with Crippen LogP contribution in [0.5, 0.6) is 5.88 Å². The summed E-state index contributed by atoms with van der Waals surface area (Å²) in [5.74, 6) is 0.0808. The third-order valence-corrected chi connectivity index (χ3v) is 3.33. The van der Waals surface area contributed by atoms with E-state index in [1.54, 1.807) is 25.2 Å². The van der Waals surface area contributed by atoms with Crippen molar-refractivity contribution in [3.63, 3.8) is 0 Å². The van der Waals surface area contributed by atoms with Crippen molar-refractivity contribution in [3.8, 4) is 5.88 Å². The summed E-state index contributed by atoms with van der Waals surface area (Å²) in [6.45, 7) is 0. The van der Waals surface area contributed by atoms with E-state index in [2.05, 4.69) is 15.3 Å². The van der Waals surface area contributed by atoms with Crippen molar-refractivity contribution in [1.29, 1.82) is 0 Å². The molecule has 0 fully saturated rings. The van der Waals surface area contributed by atoms with Gasteiger partial charge in [0.1, 0.15) is 12.1 Å². The Balaban J connectivity index is 2.26. The van der Waals surface area contributed by atoms with Gasteiger partial charge in [0.25, 0.3) is 0 Å². The Hall–Kier alpha value is -1.72. The highest BCUT2D eigenvalue weighted by molar-refractivity contribution is 6.30. The van der Waals surface area contributed by atoms with Crippen LogP contribution in [0.1, 0.15) is 17.3 Å². The van der Waals surface area contributed by atoms with Crippen molar-refractivity contribution in [2.45, 2.75) is 12.5 Å². The molecule has 0 radical (unpaired) electrons. The summed E-state index contributed by atoms with van der Waals surface area (Å²) in [5, 5.41) is 3.23. The number of aromatic nitrogens is 2. The van der Waals surface area contributed by atoms with Gasteiger partial charge in [0.2, 0.25) is 5.88 Å². The normalized spacial score (nSPS) is 12.2. The molecule has 20 heavy (non-hydrogen) atoms. The zero-order valence-corrected chi connectivity index (χ0v) is 12.0. The van der Waals surface area contributed by atoms with Crippen LogP contribution in [0.4, 0.5) is 4.39 Å². The van der Waals surface area contributed by atoms with Gasteiger partial charge < -0.3 is 10.1 Å². The van der Waals surface area contributed by atoms with Crippen LogP contribution in [0.15, 0.2) is 30.6 Å². The highest BCUT2D eigenvalue weighted by Gasteiger charge is 2.16. The minimum atomic E-state index is -0.393. The van der Waals surface area contributed by atoms with E-state index in [1.165, 1.54) is 19.5 Å². The van der Waals surface area contributed by atoms with Crippen molar-refractivity contribution >= 4 is 11.6 Å². The molecule has 0 aliphatic carbocycles. The summed E-state index contributed by atoms with van der Waals surface area (Å²) in [4.78, 5) is 8.15. The summed E-state index contributed by atoms with van der Waals surface area (Å²) < 4.78 is 19.0. The lowest BCUT2D eigenvalue weighted by Gasteiger charge is -2.16. The smallest absolute Gasteiger partial charge is 0.216 e. The van der Waals surface area contributed by atoms with Gasteiger partial charge in [0.05, 0.1) is 23.9 Å². The quantitative estimate of drug-likeness (QED) is 0.921. The maximum Gasteiger partial charge on any atom is 0.216 e. The molecule has 0 spiro atoms. The van der Waals surface area contributed by atoms with Crippen molar-refractivity contribution in [2.24, 2.45) is 0 Å². The van der Waals surface area contributed by atoms with E-state index in [4.69, 9.17) is 16.3 Å². The number of ether oxygens (including phenoxy) is 1. The first-order chi connectivity index (χ1) is 9.65. The van der Waals surface area contributed by atoms with Crippen LogP contribution < -0.4 is 10.1 Å². The number of rotatable bonds is 5. The Morgan fingerprint density at radius 3 is 2.90 bits per heavy atom. The molecular formula is C14H15ClFN3O. The molecule has 1 aromatic heterocycles. The van der Waals surface area contributed by atoms with Gasteiger partial charge in [0.15, 0.2) is 0 Å². The topological polar surface area (TPSA) is 47.0 Å². The molecule has 106 valence electrons. The summed E-state index contributed by atoms with van der Waals surface area (Å²) in [7, 11) is 3.33. The standard InChI is InChI=1S/C14H15ClFN3O/c1-17-11(12-7-13(20-2)19-8-18-12)6-9-4-3-5-10(15)14(9)16/h3-5,7-8,11,17H,6H2,1-2H3. The molecule has 0 aliphatic heterocycles. The average Bonchev–Trinajstić information content (AvgIpc) is 2.49. The van der Waals surface area contributed by atoms with Crippen molar-refractivity contribution < 1.29 is 9.13 Å². The van der Waals surface area contributed by atoms with Crippen molar-refractivity contribution in [2.75, 3.05) is 14.2 Å². The van der Waals surface area contributed by atoms with Gasteiger partial charge in [0, 0.05) is 6.07 Å². The maximum atomic E-state index is 13.9. The predicted molar refractivity (Wildman–Crippen MR) is 75.5 cm³/mol. The Kier molecular flexibility index (Phi) is 4.87. The van der Waals surface area contributed by atoms with Gasteiger partial charge in [-0.25, -0.2) is 14.4 Å². The second kappa shape index (κ2) is 6.63. The monoisotopic (exact) mass is 295 g/mol. The Morgan fingerprint density at radius 1 is 1.40 bits per heavy atom. The summed E-state index contributed by atoms with van der Waals surface area (Å²) in [6.07, 6.45) is 1.86. The molecule has 1 aromatic carbocycles. The fourth-order valence-electron chi connectivity index (χ4n) is 1.94. The van der Waals surface area contributed by atoms with Gasteiger partial charge >= 0.3 is 0 Å². The Morgan fingerprint density at radius 2 is 2.20 bits per heavy atom. The van der Waals surface area contributed by atoms with E-state index in [0.717, 1.165) is 5.69 Å². The van der Waals surface area contributed by atoms with E-state index >= 15 is 0 Å². The molecule has 0 aliphatic rings. The van der Waals surface area contributed by atoms with Crippen LogP contribution in [0.2, 0.25) is 5.02 Å².